The molecule has 0 saturated carbocycles. The number of hydrogen-bond donors (Lipinski definition) is 1. The maximum Gasteiger partial charge on any atom is 0.243 e. The Balaban J connectivity index is 1.21. The number of anilines is 1. The lowest BCUT2D eigenvalue weighted by molar-refractivity contribution is -0.126. The minimum Gasteiger partial charge on any atom is -0.497 e. The Morgan fingerprint density at radius 1 is 1.06 bits per heavy atom. The van der Waals surface area contributed by atoms with Gasteiger partial charge in [0.15, 0.2) is 0 Å². The summed E-state index contributed by atoms with van der Waals surface area (Å²) in [6, 6.07) is 13.4. The lowest BCUT2D eigenvalue weighted by Crippen LogP contribution is -2.50. The smallest absolute Gasteiger partial charge is 0.243 e. The molecule has 2 amide bonds. The molecule has 2 saturated heterocycles. The van der Waals surface area contributed by atoms with Gasteiger partial charge in [-0.05, 0) is 48.5 Å². The molecular weight excluding hydrogens is 492 g/mol. The number of sulfonamides is 1. The SMILES string of the molecule is COc1ccc(S(=O)(=O)N2CCN(CCNC(=O)C3CC(=O)N(c4ccc(Cl)cc4)C3)CC2)cc1. The molecule has 2 aliphatic heterocycles. The Morgan fingerprint density at radius 2 is 1.71 bits per heavy atom. The molecule has 2 fully saturated rings. The number of amides is 2. The van der Waals surface area contributed by atoms with E-state index in [0.717, 1.165) is 5.69 Å². The molecule has 35 heavy (non-hydrogen) atoms. The van der Waals surface area contributed by atoms with Crippen molar-refractivity contribution in [3.8, 4) is 5.75 Å². The fourth-order valence-electron chi connectivity index (χ4n) is 4.33. The second kappa shape index (κ2) is 10.9. The van der Waals surface area contributed by atoms with Gasteiger partial charge in [0.1, 0.15) is 5.75 Å². The van der Waals surface area contributed by atoms with E-state index in [1.54, 1.807) is 53.4 Å². The van der Waals surface area contributed by atoms with E-state index in [9.17, 15) is 18.0 Å². The predicted molar refractivity (Wildman–Crippen MR) is 133 cm³/mol. The third-order valence-corrected chi connectivity index (χ3v) is 8.55. The van der Waals surface area contributed by atoms with E-state index < -0.39 is 15.9 Å². The summed E-state index contributed by atoms with van der Waals surface area (Å²) in [6.07, 6.45) is 0.177. The summed E-state index contributed by atoms with van der Waals surface area (Å²) in [7, 11) is -2.02. The molecule has 1 atom stereocenters. The maximum atomic E-state index is 12.9. The van der Waals surface area contributed by atoms with Gasteiger partial charge in [0.2, 0.25) is 21.8 Å². The first-order valence-corrected chi connectivity index (χ1v) is 13.3. The molecule has 188 valence electrons. The number of carbonyl (C=O) groups is 2. The number of piperazine rings is 1. The molecule has 9 nitrogen and oxygen atoms in total. The topological polar surface area (TPSA) is 99.3 Å². The molecule has 4 rings (SSSR count). The number of carbonyl (C=O) groups excluding carboxylic acids is 2. The molecule has 1 unspecified atom stereocenters. The van der Waals surface area contributed by atoms with Crippen molar-refractivity contribution in [2.24, 2.45) is 5.92 Å². The third kappa shape index (κ3) is 5.95. The Bertz CT molecular complexity index is 1150. The van der Waals surface area contributed by atoms with Crippen LogP contribution in [-0.2, 0) is 19.6 Å². The zero-order valence-corrected chi connectivity index (χ0v) is 21.1. The van der Waals surface area contributed by atoms with Crippen molar-refractivity contribution in [3.63, 3.8) is 0 Å². The Morgan fingerprint density at radius 3 is 2.34 bits per heavy atom. The number of ether oxygens (including phenoxy) is 1. The van der Waals surface area contributed by atoms with Crippen LogP contribution >= 0.6 is 11.6 Å². The molecule has 2 aliphatic rings. The second-order valence-electron chi connectivity index (χ2n) is 8.59. The molecule has 11 heteroatoms. The van der Waals surface area contributed by atoms with Crippen molar-refractivity contribution in [1.29, 1.82) is 0 Å². The Hall–Kier alpha value is -2.66. The number of nitrogens with one attached hydrogen (secondary N) is 1. The molecule has 0 radical (unpaired) electrons. The van der Waals surface area contributed by atoms with Gasteiger partial charge in [0.05, 0.1) is 17.9 Å². The molecular formula is C24H29ClN4O5S. The largest absolute Gasteiger partial charge is 0.497 e. The van der Waals surface area contributed by atoms with E-state index >= 15 is 0 Å². The highest BCUT2D eigenvalue weighted by Gasteiger charge is 2.35. The van der Waals surface area contributed by atoms with Crippen molar-refractivity contribution in [2.75, 3.05) is 57.8 Å². The zero-order chi connectivity index (χ0) is 25.0. The van der Waals surface area contributed by atoms with Crippen LogP contribution in [0.5, 0.6) is 5.75 Å². The number of hydrogen-bond acceptors (Lipinski definition) is 6. The van der Waals surface area contributed by atoms with Gasteiger partial charge in [0.25, 0.3) is 0 Å². The van der Waals surface area contributed by atoms with E-state index in [2.05, 4.69) is 10.2 Å². The average Bonchev–Trinajstić information content (AvgIpc) is 3.26. The van der Waals surface area contributed by atoms with Crippen LogP contribution in [0.25, 0.3) is 0 Å². The van der Waals surface area contributed by atoms with Gasteiger partial charge in [-0.1, -0.05) is 11.6 Å². The fraction of sp³-hybridized carbons (Fsp3) is 0.417. The molecule has 2 aromatic rings. The first-order valence-electron chi connectivity index (χ1n) is 11.5. The Labute approximate surface area is 210 Å². The second-order valence-corrected chi connectivity index (χ2v) is 11.0. The van der Waals surface area contributed by atoms with Crippen LogP contribution in [0, 0.1) is 5.92 Å². The standard InChI is InChI=1S/C24H29ClN4O5S/c1-34-21-6-8-22(9-7-21)35(32,33)28-14-12-27(13-15-28)11-10-26-24(31)18-16-23(30)29(17-18)20-4-2-19(25)3-5-20/h2-9,18H,10-17H2,1H3,(H,26,31). The summed E-state index contributed by atoms with van der Waals surface area (Å²) in [4.78, 5) is 29.0. The molecule has 0 bridgehead atoms. The van der Waals surface area contributed by atoms with Gasteiger partial charge >= 0.3 is 0 Å². The third-order valence-electron chi connectivity index (χ3n) is 6.39. The minimum atomic E-state index is -3.55. The van der Waals surface area contributed by atoms with Crippen LogP contribution in [0.3, 0.4) is 0 Å². The number of nitrogens with zero attached hydrogens (tertiary/aromatic N) is 3. The van der Waals surface area contributed by atoms with E-state index in [1.165, 1.54) is 11.4 Å². The molecule has 0 aliphatic carbocycles. The van der Waals surface area contributed by atoms with Gasteiger partial charge < -0.3 is 15.0 Å². The van der Waals surface area contributed by atoms with Gasteiger partial charge in [-0.3, -0.25) is 14.5 Å². The van der Waals surface area contributed by atoms with Crippen molar-refractivity contribution >= 4 is 39.1 Å². The van der Waals surface area contributed by atoms with Gasteiger partial charge in [0, 0.05) is 62.9 Å². The zero-order valence-electron chi connectivity index (χ0n) is 19.5. The maximum absolute atomic E-state index is 12.9. The molecule has 0 spiro atoms. The highest BCUT2D eigenvalue weighted by Crippen LogP contribution is 2.26. The van der Waals surface area contributed by atoms with Crippen LogP contribution in [0.1, 0.15) is 6.42 Å². The van der Waals surface area contributed by atoms with Crippen molar-refractivity contribution in [1.82, 2.24) is 14.5 Å². The highest BCUT2D eigenvalue weighted by molar-refractivity contribution is 7.89. The molecule has 0 aromatic heterocycles. The first-order chi connectivity index (χ1) is 16.8. The van der Waals surface area contributed by atoms with Crippen LogP contribution < -0.4 is 15.0 Å². The van der Waals surface area contributed by atoms with Crippen molar-refractivity contribution in [2.45, 2.75) is 11.3 Å². The predicted octanol–water partition coefficient (Wildman–Crippen LogP) is 1.82. The summed E-state index contributed by atoms with van der Waals surface area (Å²) in [5.41, 5.74) is 0.733. The van der Waals surface area contributed by atoms with Crippen molar-refractivity contribution in [3.05, 3.63) is 53.6 Å². The Kier molecular flexibility index (Phi) is 7.95. The number of methoxy groups -OCH3 is 1. The molecule has 2 aromatic carbocycles. The van der Waals surface area contributed by atoms with Crippen LogP contribution in [0.2, 0.25) is 5.02 Å². The summed E-state index contributed by atoms with van der Waals surface area (Å²) < 4.78 is 32.4. The lowest BCUT2D eigenvalue weighted by Gasteiger charge is -2.34. The van der Waals surface area contributed by atoms with Crippen LogP contribution in [0.15, 0.2) is 53.4 Å². The van der Waals surface area contributed by atoms with Gasteiger partial charge in [-0.2, -0.15) is 4.31 Å². The summed E-state index contributed by atoms with van der Waals surface area (Å²) >= 11 is 5.92. The lowest BCUT2D eigenvalue weighted by atomic mass is 10.1. The monoisotopic (exact) mass is 520 g/mol. The number of rotatable bonds is 8. The van der Waals surface area contributed by atoms with Crippen LogP contribution in [-0.4, -0.2) is 82.4 Å². The van der Waals surface area contributed by atoms with E-state index in [0.29, 0.717) is 56.6 Å². The van der Waals surface area contributed by atoms with Crippen LogP contribution in [0.4, 0.5) is 5.69 Å². The summed E-state index contributed by atoms with van der Waals surface area (Å²) in [5.74, 6) is -0.0164. The normalized spacial score (nSPS) is 19.7. The fourth-order valence-corrected chi connectivity index (χ4v) is 5.87. The number of halogens is 1. The highest BCUT2D eigenvalue weighted by atomic mass is 35.5. The van der Waals surface area contributed by atoms with Gasteiger partial charge in [-0.25, -0.2) is 8.42 Å². The number of benzene rings is 2. The molecule has 2 heterocycles. The summed E-state index contributed by atoms with van der Waals surface area (Å²) in [6.45, 7) is 3.33. The summed E-state index contributed by atoms with van der Waals surface area (Å²) in [5, 5.41) is 3.52. The van der Waals surface area contributed by atoms with E-state index in [-0.39, 0.29) is 23.1 Å². The van der Waals surface area contributed by atoms with E-state index in [1.807, 2.05) is 0 Å². The van der Waals surface area contributed by atoms with Crippen molar-refractivity contribution < 1.29 is 22.7 Å². The first kappa shape index (κ1) is 25.4. The van der Waals surface area contributed by atoms with Gasteiger partial charge in [-0.15, -0.1) is 0 Å². The minimum absolute atomic E-state index is 0.0818. The quantitative estimate of drug-likeness (QED) is 0.570. The molecule has 1 N–H and O–H groups in total. The average molecular weight is 521 g/mol. The van der Waals surface area contributed by atoms with E-state index in [4.69, 9.17) is 16.3 Å².